The van der Waals surface area contributed by atoms with Crippen LogP contribution < -0.4 is 11.2 Å². The number of nitriles is 1. The van der Waals surface area contributed by atoms with Gasteiger partial charge in [-0.3, -0.25) is 14.3 Å². The molecule has 31 heavy (non-hydrogen) atoms. The first-order valence-corrected chi connectivity index (χ1v) is 11.4. The van der Waals surface area contributed by atoms with E-state index >= 15 is 0 Å². The molecule has 0 spiro atoms. The van der Waals surface area contributed by atoms with Crippen LogP contribution in [0.2, 0.25) is 0 Å². The molecular weight excluding hydrogens is 423 g/mol. The van der Waals surface area contributed by atoms with Crippen molar-refractivity contribution in [1.82, 2.24) is 14.2 Å². The molecule has 1 N–H and O–H groups in total. The van der Waals surface area contributed by atoms with Crippen LogP contribution >= 0.6 is 8.53 Å². The van der Waals surface area contributed by atoms with Crippen LogP contribution in [-0.4, -0.2) is 65.9 Å². The van der Waals surface area contributed by atoms with Crippen molar-refractivity contribution in [1.29, 1.82) is 5.26 Å². The van der Waals surface area contributed by atoms with Crippen molar-refractivity contribution in [2.24, 2.45) is 0 Å². The third-order valence-corrected chi connectivity index (χ3v) is 6.66. The number of hydrogen-bond acceptors (Lipinski definition) is 8. The number of nitrogens with zero attached hydrogens (tertiary/aromatic N) is 3. The molecule has 3 unspecified atom stereocenters. The van der Waals surface area contributed by atoms with Crippen LogP contribution in [0.3, 0.4) is 0 Å². The van der Waals surface area contributed by atoms with E-state index in [9.17, 15) is 9.59 Å². The Hall–Kier alpha value is -1.60. The Morgan fingerprint density at radius 2 is 1.84 bits per heavy atom. The number of aryl methyl sites for hydroxylation is 1. The minimum Gasteiger partial charge on any atom is -0.382 e. The summed E-state index contributed by atoms with van der Waals surface area (Å²) in [6, 6.07) is 2.32. The number of rotatable bonds is 14. The molecule has 1 rings (SSSR count). The molecule has 0 aliphatic rings. The molecule has 176 valence electrons. The van der Waals surface area contributed by atoms with Crippen molar-refractivity contribution in [3.05, 3.63) is 32.6 Å². The Kier molecular flexibility index (Phi) is 12.2. The lowest BCUT2D eigenvalue weighted by molar-refractivity contribution is -0.0511. The second-order valence-electron chi connectivity index (χ2n) is 7.64. The fraction of sp³-hybridized carbons (Fsp3) is 0.750. The van der Waals surface area contributed by atoms with Gasteiger partial charge in [-0.25, -0.2) is 9.46 Å². The maximum Gasteiger partial charge on any atom is 0.328 e. The van der Waals surface area contributed by atoms with Gasteiger partial charge in [0.2, 0.25) is 0 Å². The van der Waals surface area contributed by atoms with E-state index in [4.69, 9.17) is 23.8 Å². The monoisotopic (exact) mass is 458 g/mol. The topological polar surface area (TPSA) is 119 Å². The molecule has 0 radical (unpaired) electrons. The molecule has 0 bridgehead atoms. The molecule has 0 aliphatic carbocycles. The van der Waals surface area contributed by atoms with E-state index in [2.05, 4.69) is 15.7 Å². The number of H-pyrrole nitrogens is 1. The smallest absolute Gasteiger partial charge is 0.328 e. The number of methoxy groups -OCH3 is 2. The highest BCUT2D eigenvalue weighted by Gasteiger charge is 2.33. The third-order valence-electron chi connectivity index (χ3n) is 4.50. The number of aromatic nitrogens is 2. The molecule has 1 aromatic rings. The summed E-state index contributed by atoms with van der Waals surface area (Å²) in [6.07, 6.45) is 0.635. The second kappa shape index (κ2) is 13.7. The zero-order chi connectivity index (χ0) is 23.6. The molecule has 10 nitrogen and oxygen atoms in total. The maximum absolute atomic E-state index is 12.4. The Balaban J connectivity index is 3.30. The zero-order valence-electron chi connectivity index (χ0n) is 19.5. The van der Waals surface area contributed by atoms with Crippen molar-refractivity contribution < 1.29 is 18.5 Å². The average molecular weight is 458 g/mol. The summed E-state index contributed by atoms with van der Waals surface area (Å²) in [6.45, 7) is 10.4. The molecular formula is C20H35N4O6P. The Bertz CT molecular complexity index is 811. The fourth-order valence-electron chi connectivity index (χ4n) is 3.07. The summed E-state index contributed by atoms with van der Waals surface area (Å²) in [5.74, 6) is 0. The van der Waals surface area contributed by atoms with E-state index in [-0.39, 0.29) is 38.3 Å². The van der Waals surface area contributed by atoms with Crippen LogP contribution in [0.5, 0.6) is 0 Å². The van der Waals surface area contributed by atoms with Gasteiger partial charge in [-0.2, -0.15) is 5.26 Å². The van der Waals surface area contributed by atoms with E-state index in [1.54, 1.807) is 21.1 Å². The van der Waals surface area contributed by atoms with E-state index in [0.29, 0.717) is 5.56 Å². The van der Waals surface area contributed by atoms with Crippen molar-refractivity contribution in [3.8, 4) is 6.07 Å². The summed E-state index contributed by atoms with van der Waals surface area (Å²) in [7, 11) is 1.54. The van der Waals surface area contributed by atoms with Crippen LogP contribution in [0.25, 0.3) is 0 Å². The number of ether oxygens (including phenoxy) is 2. The van der Waals surface area contributed by atoms with Gasteiger partial charge in [0, 0.05) is 38.1 Å². The summed E-state index contributed by atoms with van der Waals surface area (Å²) in [5, 5.41) is 8.91. The highest BCUT2D eigenvalue weighted by molar-refractivity contribution is 7.44. The van der Waals surface area contributed by atoms with Crippen molar-refractivity contribution >= 4 is 8.53 Å². The van der Waals surface area contributed by atoms with Gasteiger partial charge in [0.1, 0.15) is 12.2 Å². The summed E-state index contributed by atoms with van der Waals surface area (Å²) in [5.41, 5.74) is -0.542. The molecule has 1 aromatic heterocycles. The second-order valence-corrected chi connectivity index (χ2v) is 9.05. The first kappa shape index (κ1) is 27.4. The molecule has 0 aliphatic heterocycles. The zero-order valence-corrected chi connectivity index (χ0v) is 20.3. The van der Waals surface area contributed by atoms with Crippen LogP contribution in [0, 0.1) is 18.3 Å². The molecule has 0 fully saturated rings. The standard InChI is InChI=1S/C20H35N4O6P/c1-14(2)24(15(3)4)31(29-10-8-9-21)30-17(18(28-7)13-27-6)12-23-11-16(5)19(25)22-20(23)26/h11,14-15,17-18H,8,10,12-13H2,1-7H3,(H,22,25,26). The Labute approximate surface area is 185 Å². The van der Waals surface area contributed by atoms with Gasteiger partial charge in [0.25, 0.3) is 14.1 Å². The molecule has 0 saturated carbocycles. The third kappa shape index (κ3) is 8.45. The lowest BCUT2D eigenvalue weighted by Crippen LogP contribution is -2.43. The quantitative estimate of drug-likeness (QED) is 0.333. The van der Waals surface area contributed by atoms with E-state index < -0.39 is 32.0 Å². The minimum absolute atomic E-state index is 0.121. The van der Waals surface area contributed by atoms with Crippen LogP contribution in [0.15, 0.2) is 15.8 Å². The summed E-state index contributed by atoms with van der Waals surface area (Å²) in [4.78, 5) is 26.4. The van der Waals surface area contributed by atoms with Gasteiger partial charge < -0.3 is 18.5 Å². The molecule has 3 atom stereocenters. The molecule has 11 heteroatoms. The summed E-state index contributed by atoms with van der Waals surface area (Å²) >= 11 is 0. The highest BCUT2D eigenvalue weighted by Crippen LogP contribution is 2.47. The predicted octanol–water partition coefficient (Wildman–Crippen LogP) is 2.17. The van der Waals surface area contributed by atoms with Crippen molar-refractivity contribution in [2.75, 3.05) is 27.4 Å². The van der Waals surface area contributed by atoms with Gasteiger partial charge in [-0.1, -0.05) is 0 Å². The van der Waals surface area contributed by atoms with Gasteiger partial charge in [0.05, 0.1) is 32.2 Å². The van der Waals surface area contributed by atoms with Gasteiger partial charge >= 0.3 is 5.69 Å². The Morgan fingerprint density at radius 3 is 2.35 bits per heavy atom. The van der Waals surface area contributed by atoms with Gasteiger partial charge in [0.15, 0.2) is 0 Å². The lowest BCUT2D eigenvalue weighted by Gasteiger charge is -2.38. The number of aromatic amines is 1. The van der Waals surface area contributed by atoms with Gasteiger partial charge in [-0.05, 0) is 34.6 Å². The van der Waals surface area contributed by atoms with Crippen molar-refractivity contribution in [2.45, 2.75) is 71.9 Å². The average Bonchev–Trinajstić information content (AvgIpc) is 2.69. The molecule has 0 aromatic carbocycles. The largest absolute Gasteiger partial charge is 0.382 e. The molecule has 0 saturated heterocycles. The summed E-state index contributed by atoms with van der Waals surface area (Å²) < 4.78 is 26.8. The number of hydrogen-bond donors (Lipinski definition) is 1. The number of nitrogens with one attached hydrogen (secondary N) is 1. The highest BCUT2D eigenvalue weighted by atomic mass is 31.2. The Morgan fingerprint density at radius 1 is 1.19 bits per heavy atom. The molecule has 1 heterocycles. The van der Waals surface area contributed by atoms with E-state index in [1.807, 2.05) is 27.7 Å². The van der Waals surface area contributed by atoms with E-state index in [1.165, 1.54) is 10.8 Å². The SMILES string of the molecule is COCC(OC)C(Cn1cc(C)c(=O)[nH]c1=O)OP(OCCC#N)N(C(C)C)C(C)C. The first-order chi connectivity index (χ1) is 14.7. The molecule has 0 amide bonds. The van der Waals surface area contributed by atoms with Crippen LogP contribution in [0.1, 0.15) is 39.7 Å². The van der Waals surface area contributed by atoms with Crippen LogP contribution in [0.4, 0.5) is 0 Å². The van der Waals surface area contributed by atoms with Crippen LogP contribution in [-0.2, 0) is 25.1 Å². The lowest BCUT2D eigenvalue weighted by atomic mass is 10.2. The first-order valence-electron chi connectivity index (χ1n) is 10.2. The fourth-order valence-corrected chi connectivity index (χ4v) is 4.81. The maximum atomic E-state index is 12.4. The minimum atomic E-state index is -1.56. The van der Waals surface area contributed by atoms with E-state index in [0.717, 1.165) is 0 Å². The predicted molar refractivity (Wildman–Crippen MR) is 119 cm³/mol. The van der Waals surface area contributed by atoms with Gasteiger partial charge in [-0.15, -0.1) is 0 Å². The normalized spacial score (nSPS) is 14.7. The van der Waals surface area contributed by atoms with Crippen molar-refractivity contribution in [3.63, 3.8) is 0 Å².